The maximum Gasteiger partial charge on any atom is 0.254 e. The molecule has 2 aliphatic heterocycles. The van der Waals surface area contributed by atoms with Gasteiger partial charge < -0.3 is 19.2 Å². The smallest absolute Gasteiger partial charge is 0.254 e. The summed E-state index contributed by atoms with van der Waals surface area (Å²) in [5.41, 5.74) is 3.75. The van der Waals surface area contributed by atoms with E-state index < -0.39 is 0 Å². The number of nitrogens with zero attached hydrogens (tertiary/aromatic N) is 2. The van der Waals surface area contributed by atoms with E-state index >= 15 is 0 Å². The highest BCUT2D eigenvalue weighted by Crippen LogP contribution is 2.28. The van der Waals surface area contributed by atoms with Gasteiger partial charge in [-0.15, -0.1) is 0 Å². The number of aliphatic hydroxyl groups is 1. The molecule has 1 atom stereocenters. The Morgan fingerprint density at radius 2 is 2.00 bits per heavy atom. The molecule has 0 aliphatic carbocycles. The molecule has 2 aromatic carbocycles. The zero-order valence-corrected chi connectivity index (χ0v) is 19.7. The zero-order chi connectivity index (χ0) is 23.5. The maximum atomic E-state index is 13.4. The Hall–Kier alpha value is -3.09. The molecule has 0 radical (unpaired) electrons. The topological polar surface area (TPSA) is 66.2 Å². The normalized spacial score (nSPS) is 18.8. The molecule has 1 fully saturated rings. The van der Waals surface area contributed by atoms with Crippen molar-refractivity contribution in [1.82, 2.24) is 9.80 Å². The minimum Gasteiger partial charge on any atom is -0.491 e. The van der Waals surface area contributed by atoms with Gasteiger partial charge in [-0.2, -0.15) is 0 Å². The Balaban J connectivity index is 1.34. The van der Waals surface area contributed by atoms with Gasteiger partial charge in [0.05, 0.1) is 13.2 Å². The summed E-state index contributed by atoms with van der Waals surface area (Å²) >= 11 is 0. The number of furan rings is 1. The summed E-state index contributed by atoms with van der Waals surface area (Å²) < 4.78 is 11.7. The van der Waals surface area contributed by atoms with Gasteiger partial charge in [-0.25, -0.2) is 0 Å². The largest absolute Gasteiger partial charge is 0.491 e. The number of fused-ring (bicyclic) bond motifs is 1. The molecule has 1 N–H and O–H groups in total. The summed E-state index contributed by atoms with van der Waals surface area (Å²) in [7, 11) is 0. The molecule has 0 bridgehead atoms. The Bertz CT molecular complexity index is 1150. The number of carbonyl (C=O) groups excluding carboxylic acids is 1. The molecule has 2 aliphatic rings. The average molecular weight is 461 g/mol. The summed E-state index contributed by atoms with van der Waals surface area (Å²) in [5, 5.41) is 9.75. The van der Waals surface area contributed by atoms with Gasteiger partial charge in [0.15, 0.2) is 0 Å². The predicted octanol–water partition coefficient (Wildman–Crippen LogP) is 4.64. The maximum absolute atomic E-state index is 13.4. The number of hydrogen-bond donors (Lipinski definition) is 1. The number of aryl methyl sites for hydroxylation is 1. The number of ether oxygens (including phenoxy) is 1. The lowest BCUT2D eigenvalue weighted by atomic mass is 10.0. The lowest BCUT2D eigenvalue weighted by molar-refractivity contribution is 0.0733. The molecule has 3 aromatic rings. The van der Waals surface area contributed by atoms with Crippen LogP contribution in [0.15, 0.2) is 59.0 Å². The van der Waals surface area contributed by atoms with E-state index in [9.17, 15) is 9.90 Å². The first-order valence-corrected chi connectivity index (χ1v) is 12.2. The van der Waals surface area contributed by atoms with Gasteiger partial charge in [-0.05, 0) is 68.3 Å². The Morgan fingerprint density at radius 1 is 1.09 bits per heavy atom. The third-order valence-electron chi connectivity index (χ3n) is 6.87. The number of carbonyl (C=O) groups is 1. The Labute approximate surface area is 200 Å². The van der Waals surface area contributed by atoms with Crippen molar-refractivity contribution < 1.29 is 19.1 Å². The van der Waals surface area contributed by atoms with Crippen LogP contribution in [-0.4, -0.2) is 53.2 Å². The van der Waals surface area contributed by atoms with Gasteiger partial charge in [-0.3, -0.25) is 9.69 Å². The molecule has 5 rings (SSSR count). The average Bonchev–Trinajstić information content (AvgIpc) is 3.19. The predicted molar refractivity (Wildman–Crippen MR) is 131 cm³/mol. The van der Waals surface area contributed by atoms with Crippen LogP contribution in [0.5, 0.6) is 5.75 Å². The van der Waals surface area contributed by atoms with E-state index in [1.165, 1.54) is 18.4 Å². The number of aliphatic hydroxyl groups excluding tert-OH is 1. The third kappa shape index (κ3) is 4.88. The Kier molecular flexibility index (Phi) is 6.70. The minimum absolute atomic E-state index is 0.0108. The second-order valence-corrected chi connectivity index (χ2v) is 9.31. The van der Waals surface area contributed by atoms with Crippen LogP contribution in [-0.2, 0) is 13.1 Å². The van der Waals surface area contributed by atoms with Crippen molar-refractivity contribution in [2.45, 2.75) is 45.3 Å². The first-order valence-electron chi connectivity index (χ1n) is 12.2. The van der Waals surface area contributed by atoms with Crippen LogP contribution in [0.4, 0.5) is 0 Å². The van der Waals surface area contributed by atoms with Crippen molar-refractivity contribution in [3.63, 3.8) is 0 Å². The van der Waals surface area contributed by atoms with Crippen molar-refractivity contribution in [3.05, 3.63) is 77.0 Å². The van der Waals surface area contributed by atoms with Crippen LogP contribution in [0, 0.1) is 6.92 Å². The summed E-state index contributed by atoms with van der Waals surface area (Å²) in [6.45, 7) is 5.44. The van der Waals surface area contributed by atoms with Crippen LogP contribution in [0.1, 0.15) is 46.5 Å². The molecule has 0 spiro atoms. The lowest BCUT2D eigenvalue weighted by Crippen LogP contribution is -2.41. The van der Waals surface area contributed by atoms with E-state index in [-0.39, 0.29) is 18.6 Å². The van der Waals surface area contributed by atoms with Gasteiger partial charge in [0.2, 0.25) is 0 Å². The van der Waals surface area contributed by atoms with Crippen LogP contribution >= 0.6 is 0 Å². The first-order chi connectivity index (χ1) is 16.6. The van der Waals surface area contributed by atoms with Crippen molar-refractivity contribution in [3.8, 4) is 17.1 Å². The van der Waals surface area contributed by atoms with Crippen molar-refractivity contribution in [2.75, 3.05) is 26.3 Å². The van der Waals surface area contributed by atoms with Crippen molar-refractivity contribution in [1.29, 1.82) is 0 Å². The number of likely N-dealkylation sites (tertiary alicyclic amines) is 1. The molecule has 3 heterocycles. The van der Waals surface area contributed by atoms with Gasteiger partial charge in [0.1, 0.15) is 23.9 Å². The standard InChI is InChI=1S/C28H32N2O4/c1-20-8-10-27(34-20)22-5-4-6-23(16-22)28(32)30-13-14-33-26-11-9-21(15-24(26)18-30)17-29-12-3-2-7-25(29)19-31/h4-6,8-11,15-16,25,31H,2-3,7,12-14,17-19H2,1H3. The quantitative estimate of drug-likeness (QED) is 0.601. The summed E-state index contributed by atoms with van der Waals surface area (Å²) in [5.74, 6) is 2.44. The number of rotatable bonds is 5. The van der Waals surface area contributed by atoms with E-state index in [0.717, 1.165) is 47.9 Å². The minimum atomic E-state index is -0.0108. The second kappa shape index (κ2) is 10.0. The van der Waals surface area contributed by atoms with Crippen molar-refractivity contribution in [2.24, 2.45) is 0 Å². The fraction of sp³-hybridized carbons (Fsp3) is 0.393. The number of piperidine rings is 1. The summed E-state index contributed by atoms with van der Waals surface area (Å²) in [6.07, 6.45) is 3.39. The van der Waals surface area contributed by atoms with Crippen LogP contribution in [0.25, 0.3) is 11.3 Å². The molecule has 1 unspecified atom stereocenters. The van der Waals surface area contributed by atoms with Crippen LogP contribution in [0.2, 0.25) is 0 Å². The van der Waals surface area contributed by atoms with Crippen LogP contribution in [0.3, 0.4) is 0 Å². The highest BCUT2D eigenvalue weighted by Gasteiger charge is 2.24. The number of benzene rings is 2. The van der Waals surface area contributed by atoms with Gasteiger partial charge in [0.25, 0.3) is 5.91 Å². The van der Waals surface area contributed by atoms with E-state index in [1.54, 1.807) is 0 Å². The van der Waals surface area contributed by atoms with Gasteiger partial charge >= 0.3 is 0 Å². The van der Waals surface area contributed by atoms with E-state index in [0.29, 0.717) is 25.3 Å². The van der Waals surface area contributed by atoms with Gasteiger partial charge in [-0.1, -0.05) is 24.6 Å². The summed E-state index contributed by atoms with van der Waals surface area (Å²) in [4.78, 5) is 17.7. The number of amides is 1. The first kappa shape index (κ1) is 22.7. The van der Waals surface area contributed by atoms with E-state index in [1.807, 2.05) is 54.3 Å². The molecule has 34 heavy (non-hydrogen) atoms. The van der Waals surface area contributed by atoms with E-state index in [2.05, 4.69) is 17.0 Å². The monoisotopic (exact) mass is 460 g/mol. The molecule has 178 valence electrons. The molecule has 1 aromatic heterocycles. The highest BCUT2D eigenvalue weighted by atomic mass is 16.5. The fourth-order valence-electron chi connectivity index (χ4n) is 5.01. The van der Waals surface area contributed by atoms with Crippen molar-refractivity contribution >= 4 is 5.91 Å². The lowest BCUT2D eigenvalue weighted by Gasteiger charge is -2.34. The number of hydrogen-bond acceptors (Lipinski definition) is 5. The van der Waals surface area contributed by atoms with E-state index in [4.69, 9.17) is 9.15 Å². The SMILES string of the molecule is Cc1ccc(-c2cccc(C(=O)N3CCOc4ccc(CN5CCCCC5CO)cc4C3)c2)o1. The molecule has 1 saturated heterocycles. The van der Waals surface area contributed by atoms with Crippen LogP contribution < -0.4 is 4.74 Å². The molecular weight excluding hydrogens is 428 g/mol. The molecule has 1 amide bonds. The Morgan fingerprint density at radius 3 is 2.82 bits per heavy atom. The molecule has 0 saturated carbocycles. The third-order valence-corrected chi connectivity index (χ3v) is 6.87. The second-order valence-electron chi connectivity index (χ2n) is 9.31. The zero-order valence-electron chi connectivity index (χ0n) is 19.7. The highest BCUT2D eigenvalue weighted by molar-refractivity contribution is 5.95. The molecular formula is C28H32N2O4. The fourth-order valence-corrected chi connectivity index (χ4v) is 5.01. The van der Waals surface area contributed by atoms with Gasteiger partial charge in [0, 0.05) is 35.8 Å². The molecule has 6 heteroatoms. The molecule has 6 nitrogen and oxygen atoms in total. The summed E-state index contributed by atoms with van der Waals surface area (Å²) in [6, 6.07) is 18.0.